The number of aromatic nitrogens is 3. The minimum Gasteiger partial charge on any atom is -0.330 e. The molecule has 1 fully saturated rings. The third-order valence-electron chi connectivity index (χ3n) is 4.99. The van der Waals surface area contributed by atoms with Gasteiger partial charge in [-0.1, -0.05) is 20.3 Å². The van der Waals surface area contributed by atoms with Crippen LogP contribution >= 0.6 is 0 Å². The lowest BCUT2D eigenvalue weighted by molar-refractivity contribution is 0.304. The van der Waals surface area contributed by atoms with E-state index < -0.39 is 0 Å². The smallest absolute Gasteiger partial charge is 0.136 e. The Labute approximate surface area is 109 Å². The number of hydrogen-bond acceptors (Lipinski definition) is 3. The first-order valence-electron chi connectivity index (χ1n) is 7.24. The third-order valence-corrected chi connectivity index (χ3v) is 4.99. The van der Waals surface area contributed by atoms with Crippen LogP contribution in [-0.2, 0) is 13.0 Å². The lowest BCUT2D eigenvalue weighted by Crippen LogP contribution is -2.28. The molecule has 2 aliphatic rings. The van der Waals surface area contributed by atoms with Crippen molar-refractivity contribution in [2.75, 3.05) is 6.54 Å². The van der Waals surface area contributed by atoms with Gasteiger partial charge < -0.3 is 10.3 Å². The Balaban J connectivity index is 1.89. The maximum Gasteiger partial charge on any atom is 0.136 e. The molecule has 1 aliphatic heterocycles. The number of nitrogens with two attached hydrogens (primary N) is 1. The second-order valence-electron chi connectivity index (χ2n) is 6.65. The fourth-order valence-electron chi connectivity index (χ4n) is 3.68. The number of fused-ring (bicyclic) bond motifs is 1. The van der Waals surface area contributed by atoms with Crippen molar-refractivity contribution in [2.24, 2.45) is 17.1 Å². The van der Waals surface area contributed by atoms with Gasteiger partial charge in [0.05, 0.1) is 0 Å². The molecular formula is C14H24N4. The Morgan fingerprint density at radius 3 is 2.83 bits per heavy atom. The van der Waals surface area contributed by atoms with Crippen LogP contribution in [0.2, 0.25) is 0 Å². The summed E-state index contributed by atoms with van der Waals surface area (Å²) in [4.78, 5) is 0. The minimum atomic E-state index is 0.383. The quantitative estimate of drug-likeness (QED) is 0.872. The molecule has 1 aromatic rings. The van der Waals surface area contributed by atoms with Gasteiger partial charge in [-0.15, -0.1) is 10.2 Å². The molecule has 0 amide bonds. The Hall–Kier alpha value is -0.900. The molecule has 4 nitrogen and oxygen atoms in total. The Morgan fingerprint density at radius 2 is 2.17 bits per heavy atom. The zero-order valence-corrected chi connectivity index (χ0v) is 11.5. The monoisotopic (exact) mass is 248 g/mol. The van der Waals surface area contributed by atoms with E-state index in [4.69, 9.17) is 5.73 Å². The zero-order chi connectivity index (χ0) is 12.8. The van der Waals surface area contributed by atoms with E-state index in [1.165, 1.54) is 31.5 Å². The maximum absolute atomic E-state index is 5.77. The van der Waals surface area contributed by atoms with Gasteiger partial charge in [0.1, 0.15) is 11.6 Å². The van der Waals surface area contributed by atoms with E-state index in [-0.39, 0.29) is 0 Å². The van der Waals surface area contributed by atoms with E-state index in [2.05, 4.69) is 28.6 Å². The van der Waals surface area contributed by atoms with Crippen LogP contribution in [0.15, 0.2) is 0 Å². The molecule has 2 N–H and O–H groups in total. The van der Waals surface area contributed by atoms with Crippen molar-refractivity contribution in [1.82, 2.24) is 14.8 Å². The van der Waals surface area contributed by atoms with E-state index in [0.717, 1.165) is 25.3 Å². The first-order chi connectivity index (χ1) is 8.62. The van der Waals surface area contributed by atoms with Crippen molar-refractivity contribution in [2.45, 2.75) is 58.4 Å². The number of hydrogen-bond donors (Lipinski definition) is 1. The van der Waals surface area contributed by atoms with Crippen LogP contribution in [0.5, 0.6) is 0 Å². The molecule has 1 aliphatic carbocycles. The highest BCUT2D eigenvalue weighted by Crippen LogP contribution is 2.48. The molecule has 0 saturated heterocycles. The molecule has 100 valence electrons. The average Bonchev–Trinajstić information content (AvgIpc) is 2.90. The highest BCUT2D eigenvalue weighted by Gasteiger charge is 2.39. The molecule has 0 spiro atoms. The molecule has 3 rings (SSSR count). The van der Waals surface area contributed by atoms with Crippen LogP contribution in [0.3, 0.4) is 0 Å². The molecule has 2 unspecified atom stereocenters. The summed E-state index contributed by atoms with van der Waals surface area (Å²) in [7, 11) is 0. The predicted molar refractivity (Wildman–Crippen MR) is 71.3 cm³/mol. The van der Waals surface area contributed by atoms with E-state index >= 15 is 0 Å². The standard InChI is InChI=1S/C14H24N4/c1-14(2)6-3-4-11(14)13-17-16-12-8-10(9-15)5-7-18(12)13/h10-11H,3-9,15H2,1-2H3. The van der Waals surface area contributed by atoms with Gasteiger partial charge in [-0.25, -0.2) is 0 Å². The first kappa shape index (κ1) is 12.2. The van der Waals surface area contributed by atoms with Gasteiger partial charge in [0.25, 0.3) is 0 Å². The highest BCUT2D eigenvalue weighted by atomic mass is 15.3. The summed E-state index contributed by atoms with van der Waals surface area (Å²) < 4.78 is 2.38. The van der Waals surface area contributed by atoms with E-state index in [9.17, 15) is 0 Å². The topological polar surface area (TPSA) is 56.7 Å². The normalized spacial score (nSPS) is 30.4. The fraction of sp³-hybridized carbons (Fsp3) is 0.857. The van der Waals surface area contributed by atoms with Gasteiger partial charge in [-0.05, 0) is 37.1 Å². The van der Waals surface area contributed by atoms with Crippen LogP contribution in [0, 0.1) is 11.3 Å². The van der Waals surface area contributed by atoms with Gasteiger partial charge in [0, 0.05) is 18.9 Å². The van der Waals surface area contributed by atoms with Crippen LogP contribution in [0.4, 0.5) is 0 Å². The lowest BCUT2D eigenvalue weighted by atomic mass is 9.81. The summed E-state index contributed by atoms with van der Waals surface area (Å²) >= 11 is 0. The summed E-state index contributed by atoms with van der Waals surface area (Å²) in [5, 5.41) is 8.94. The maximum atomic E-state index is 5.77. The van der Waals surface area contributed by atoms with Crippen LogP contribution in [0.25, 0.3) is 0 Å². The van der Waals surface area contributed by atoms with E-state index in [1.807, 2.05) is 0 Å². The SMILES string of the molecule is CC1(C)CCCC1c1nnc2n1CCC(CN)C2. The molecule has 2 atom stereocenters. The predicted octanol–water partition coefficient (Wildman–Crippen LogP) is 2.09. The lowest BCUT2D eigenvalue weighted by Gasteiger charge is -2.29. The third kappa shape index (κ3) is 1.87. The summed E-state index contributed by atoms with van der Waals surface area (Å²) in [5.41, 5.74) is 6.16. The molecule has 0 aromatic carbocycles. The van der Waals surface area contributed by atoms with Crippen molar-refractivity contribution in [3.8, 4) is 0 Å². The molecule has 2 heterocycles. The summed E-state index contributed by atoms with van der Waals surface area (Å²) in [6.45, 7) is 6.58. The van der Waals surface area contributed by atoms with Crippen molar-refractivity contribution < 1.29 is 0 Å². The van der Waals surface area contributed by atoms with Gasteiger partial charge in [-0.2, -0.15) is 0 Å². The zero-order valence-electron chi connectivity index (χ0n) is 11.5. The van der Waals surface area contributed by atoms with E-state index in [0.29, 0.717) is 17.3 Å². The summed E-state index contributed by atoms with van der Waals surface area (Å²) in [6.07, 6.45) is 6.10. The van der Waals surface area contributed by atoms with Gasteiger partial charge in [0.15, 0.2) is 0 Å². The van der Waals surface area contributed by atoms with Gasteiger partial charge in [-0.3, -0.25) is 0 Å². The first-order valence-corrected chi connectivity index (χ1v) is 7.24. The molecule has 1 aromatic heterocycles. The minimum absolute atomic E-state index is 0.383. The van der Waals surface area contributed by atoms with Crippen LogP contribution in [0.1, 0.15) is 57.1 Å². The van der Waals surface area contributed by atoms with Gasteiger partial charge in [0.2, 0.25) is 0 Å². The Kier molecular flexibility index (Phi) is 2.93. The highest BCUT2D eigenvalue weighted by molar-refractivity contribution is 5.11. The second kappa shape index (κ2) is 4.34. The molecule has 0 radical (unpaired) electrons. The molecule has 0 bridgehead atoms. The van der Waals surface area contributed by atoms with Crippen LogP contribution < -0.4 is 5.73 Å². The van der Waals surface area contributed by atoms with E-state index in [1.54, 1.807) is 0 Å². The summed E-state index contributed by atoms with van der Waals surface area (Å²) in [5.74, 6) is 3.59. The van der Waals surface area contributed by atoms with Crippen molar-refractivity contribution in [3.63, 3.8) is 0 Å². The molecule has 18 heavy (non-hydrogen) atoms. The molecule has 4 heteroatoms. The van der Waals surface area contributed by atoms with Crippen molar-refractivity contribution in [1.29, 1.82) is 0 Å². The summed E-state index contributed by atoms with van der Waals surface area (Å²) in [6, 6.07) is 0. The molecular weight excluding hydrogens is 224 g/mol. The van der Waals surface area contributed by atoms with Crippen LogP contribution in [-0.4, -0.2) is 21.3 Å². The van der Waals surface area contributed by atoms with Crippen molar-refractivity contribution in [3.05, 3.63) is 11.6 Å². The molecule has 1 saturated carbocycles. The number of nitrogens with zero attached hydrogens (tertiary/aromatic N) is 3. The number of rotatable bonds is 2. The largest absolute Gasteiger partial charge is 0.330 e. The fourth-order valence-corrected chi connectivity index (χ4v) is 3.68. The second-order valence-corrected chi connectivity index (χ2v) is 6.65. The van der Waals surface area contributed by atoms with Gasteiger partial charge >= 0.3 is 0 Å². The van der Waals surface area contributed by atoms with Crippen molar-refractivity contribution >= 4 is 0 Å². The Morgan fingerprint density at radius 1 is 1.33 bits per heavy atom. The Bertz CT molecular complexity index is 435. The average molecular weight is 248 g/mol.